The standard InChI is InChI=1S/C19H24N2O/c1-4-12-20-18(16-8-6-5-7-9-16)19(22)21-17-13-14(2)10-11-15(17)3/h5-11,13,18,20H,4,12H2,1-3H3,(H,21,22)/p+1/t18-/m1/s1. The number of anilines is 1. The number of benzene rings is 2. The van der Waals surface area contributed by atoms with Gasteiger partial charge in [-0.05, 0) is 37.5 Å². The minimum atomic E-state index is -0.207. The van der Waals surface area contributed by atoms with Gasteiger partial charge in [0.25, 0.3) is 5.91 Å². The van der Waals surface area contributed by atoms with E-state index in [4.69, 9.17) is 0 Å². The lowest BCUT2D eigenvalue weighted by molar-refractivity contribution is -0.682. The molecule has 0 fully saturated rings. The molecule has 2 rings (SSSR count). The van der Waals surface area contributed by atoms with Gasteiger partial charge in [0.15, 0.2) is 6.04 Å². The van der Waals surface area contributed by atoms with Crippen LogP contribution >= 0.6 is 0 Å². The first-order valence-corrected chi connectivity index (χ1v) is 7.88. The molecule has 0 saturated heterocycles. The predicted molar refractivity (Wildman–Crippen MR) is 90.8 cm³/mol. The fraction of sp³-hybridized carbons (Fsp3) is 0.316. The molecule has 22 heavy (non-hydrogen) atoms. The minimum absolute atomic E-state index is 0.0355. The van der Waals surface area contributed by atoms with Gasteiger partial charge in [-0.1, -0.05) is 49.4 Å². The Morgan fingerprint density at radius 3 is 2.55 bits per heavy atom. The van der Waals surface area contributed by atoms with Crippen molar-refractivity contribution in [2.75, 3.05) is 11.9 Å². The van der Waals surface area contributed by atoms with Crippen LogP contribution in [0.25, 0.3) is 0 Å². The molecule has 2 aromatic carbocycles. The van der Waals surface area contributed by atoms with E-state index in [0.29, 0.717) is 0 Å². The summed E-state index contributed by atoms with van der Waals surface area (Å²) in [6.07, 6.45) is 1.04. The molecule has 0 saturated carbocycles. The number of nitrogens with two attached hydrogens (primary N) is 1. The number of hydrogen-bond donors (Lipinski definition) is 2. The molecule has 0 bridgehead atoms. The third-order valence-corrected chi connectivity index (χ3v) is 3.78. The molecular formula is C19H25N2O+. The lowest BCUT2D eigenvalue weighted by atomic mass is 10.1. The average Bonchev–Trinajstić information content (AvgIpc) is 2.52. The van der Waals surface area contributed by atoms with E-state index in [1.807, 2.05) is 56.3 Å². The van der Waals surface area contributed by atoms with Crippen molar-refractivity contribution in [3.63, 3.8) is 0 Å². The molecule has 3 nitrogen and oxygen atoms in total. The van der Waals surface area contributed by atoms with Crippen molar-refractivity contribution in [3.05, 3.63) is 65.2 Å². The van der Waals surface area contributed by atoms with Gasteiger partial charge in [0.2, 0.25) is 0 Å². The van der Waals surface area contributed by atoms with E-state index in [1.165, 1.54) is 0 Å². The molecule has 0 aliphatic rings. The molecule has 3 heteroatoms. The molecular weight excluding hydrogens is 272 g/mol. The van der Waals surface area contributed by atoms with Gasteiger partial charge < -0.3 is 10.6 Å². The summed E-state index contributed by atoms with van der Waals surface area (Å²) in [6.45, 7) is 7.11. The van der Waals surface area contributed by atoms with Gasteiger partial charge in [0.05, 0.1) is 6.54 Å². The van der Waals surface area contributed by atoms with Crippen LogP contribution in [0.3, 0.4) is 0 Å². The highest BCUT2D eigenvalue weighted by Gasteiger charge is 2.23. The van der Waals surface area contributed by atoms with Crippen molar-refractivity contribution in [1.82, 2.24) is 0 Å². The largest absolute Gasteiger partial charge is 0.332 e. The van der Waals surface area contributed by atoms with E-state index in [1.54, 1.807) is 0 Å². The second-order valence-corrected chi connectivity index (χ2v) is 5.72. The lowest BCUT2D eigenvalue weighted by Gasteiger charge is -2.17. The molecule has 1 atom stereocenters. The predicted octanol–water partition coefficient (Wildman–Crippen LogP) is 2.96. The summed E-state index contributed by atoms with van der Waals surface area (Å²) in [5, 5.41) is 5.20. The van der Waals surface area contributed by atoms with Crippen molar-refractivity contribution >= 4 is 11.6 Å². The molecule has 0 heterocycles. The zero-order valence-electron chi connectivity index (χ0n) is 13.6. The van der Waals surface area contributed by atoms with Gasteiger partial charge in [-0.3, -0.25) is 4.79 Å². The minimum Gasteiger partial charge on any atom is -0.332 e. The Labute approximate surface area is 132 Å². The number of carbonyl (C=O) groups excluding carboxylic acids is 1. The van der Waals surface area contributed by atoms with Crippen molar-refractivity contribution in [2.45, 2.75) is 33.2 Å². The first-order valence-electron chi connectivity index (χ1n) is 7.88. The van der Waals surface area contributed by atoms with Crippen LogP contribution in [0, 0.1) is 13.8 Å². The fourth-order valence-corrected chi connectivity index (χ4v) is 2.47. The normalized spacial score (nSPS) is 12.0. The molecule has 1 amide bonds. The third kappa shape index (κ3) is 4.18. The van der Waals surface area contributed by atoms with Gasteiger partial charge in [-0.2, -0.15) is 0 Å². The molecule has 0 aliphatic heterocycles. The molecule has 116 valence electrons. The number of rotatable bonds is 6. The monoisotopic (exact) mass is 297 g/mol. The average molecular weight is 297 g/mol. The van der Waals surface area contributed by atoms with E-state index >= 15 is 0 Å². The summed E-state index contributed by atoms with van der Waals surface area (Å²) >= 11 is 0. The van der Waals surface area contributed by atoms with Crippen LogP contribution in [-0.2, 0) is 4.79 Å². The number of carbonyl (C=O) groups is 1. The number of nitrogens with one attached hydrogen (secondary N) is 1. The van der Waals surface area contributed by atoms with E-state index in [2.05, 4.69) is 23.6 Å². The zero-order chi connectivity index (χ0) is 15.9. The molecule has 0 radical (unpaired) electrons. The number of amides is 1. The summed E-state index contributed by atoms with van der Waals surface area (Å²) in [5.74, 6) is 0.0355. The molecule has 0 unspecified atom stereocenters. The quantitative estimate of drug-likeness (QED) is 0.846. The maximum Gasteiger partial charge on any atom is 0.287 e. The lowest BCUT2D eigenvalue weighted by Crippen LogP contribution is -2.87. The van der Waals surface area contributed by atoms with Crippen LogP contribution in [0.5, 0.6) is 0 Å². The van der Waals surface area contributed by atoms with Crippen molar-refractivity contribution < 1.29 is 10.1 Å². The number of aryl methyl sites for hydroxylation is 2. The zero-order valence-corrected chi connectivity index (χ0v) is 13.6. The van der Waals surface area contributed by atoms with Gasteiger partial charge in [0, 0.05) is 11.3 Å². The summed E-state index contributed by atoms with van der Waals surface area (Å²) in [5.41, 5.74) is 4.17. The summed E-state index contributed by atoms with van der Waals surface area (Å²) in [7, 11) is 0. The van der Waals surface area contributed by atoms with E-state index in [0.717, 1.165) is 35.3 Å². The molecule has 0 aromatic heterocycles. The molecule has 0 spiro atoms. The summed E-state index contributed by atoms with van der Waals surface area (Å²) in [6, 6.07) is 15.9. The Bertz CT molecular complexity index is 623. The van der Waals surface area contributed by atoms with Crippen LogP contribution in [0.1, 0.15) is 36.1 Å². The van der Waals surface area contributed by atoms with E-state index in [9.17, 15) is 4.79 Å². The SMILES string of the molecule is CCC[NH2+][C@@H](C(=O)Nc1cc(C)ccc1C)c1ccccc1. The van der Waals surface area contributed by atoms with Gasteiger partial charge in [-0.25, -0.2) is 0 Å². The number of hydrogen-bond acceptors (Lipinski definition) is 1. The van der Waals surface area contributed by atoms with Crippen LogP contribution in [0.4, 0.5) is 5.69 Å². The van der Waals surface area contributed by atoms with Crippen LogP contribution in [0.2, 0.25) is 0 Å². The molecule has 2 aromatic rings. The topological polar surface area (TPSA) is 45.7 Å². The highest BCUT2D eigenvalue weighted by Crippen LogP contribution is 2.18. The van der Waals surface area contributed by atoms with Crippen molar-refractivity contribution in [1.29, 1.82) is 0 Å². The van der Waals surface area contributed by atoms with Crippen LogP contribution in [-0.4, -0.2) is 12.5 Å². The van der Waals surface area contributed by atoms with Gasteiger partial charge >= 0.3 is 0 Å². The Morgan fingerprint density at radius 2 is 1.86 bits per heavy atom. The molecule has 3 N–H and O–H groups in total. The second-order valence-electron chi connectivity index (χ2n) is 5.72. The maximum absolute atomic E-state index is 12.7. The third-order valence-electron chi connectivity index (χ3n) is 3.78. The van der Waals surface area contributed by atoms with Crippen LogP contribution in [0.15, 0.2) is 48.5 Å². The molecule has 0 aliphatic carbocycles. The van der Waals surface area contributed by atoms with E-state index < -0.39 is 0 Å². The smallest absolute Gasteiger partial charge is 0.287 e. The van der Waals surface area contributed by atoms with Crippen molar-refractivity contribution in [2.24, 2.45) is 0 Å². The second kappa shape index (κ2) is 7.76. The maximum atomic E-state index is 12.7. The Balaban J connectivity index is 2.20. The van der Waals surface area contributed by atoms with E-state index in [-0.39, 0.29) is 11.9 Å². The summed E-state index contributed by atoms with van der Waals surface area (Å²) in [4.78, 5) is 12.7. The first kappa shape index (κ1) is 16.2. The number of quaternary nitrogens is 1. The Hall–Kier alpha value is -2.13. The Kier molecular flexibility index (Phi) is 5.73. The first-order chi connectivity index (χ1) is 10.6. The van der Waals surface area contributed by atoms with Gasteiger partial charge in [-0.15, -0.1) is 0 Å². The summed E-state index contributed by atoms with van der Waals surface area (Å²) < 4.78 is 0. The van der Waals surface area contributed by atoms with Crippen molar-refractivity contribution in [3.8, 4) is 0 Å². The fourth-order valence-electron chi connectivity index (χ4n) is 2.47. The highest BCUT2D eigenvalue weighted by molar-refractivity contribution is 5.95. The highest BCUT2D eigenvalue weighted by atomic mass is 16.2. The Morgan fingerprint density at radius 1 is 1.14 bits per heavy atom. The van der Waals surface area contributed by atoms with Crippen LogP contribution < -0.4 is 10.6 Å². The van der Waals surface area contributed by atoms with Gasteiger partial charge in [0.1, 0.15) is 0 Å².